The Labute approximate surface area is 168 Å². The van der Waals surface area contributed by atoms with Crippen LogP contribution in [0.4, 0.5) is 5.69 Å². The second kappa shape index (κ2) is 7.44. The van der Waals surface area contributed by atoms with Crippen molar-refractivity contribution in [3.05, 3.63) is 88.3 Å². The Morgan fingerprint density at radius 1 is 1.07 bits per heavy atom. The van der Waals surface area contributed by atoms with Crippen LogP contribution >= 0.6 is 11.6 Å². The van der Waals surface area contributed by atoms with Crippen molar-refractivity contribution in [1.29, 1.82) is 0 Å². The Morgan fingerprint density at radius 2 is 1.82 bits per heavy atom. The average molecular weight is 391 g/mol. The molecule has 140 valence electrons. The van der Waals surface area contributed by atoms with Crippen molar-refractivity contribution in [1.82, 2.24) is 14.8 Å². The van der Waals surface area contributed by atoms with Crippen molar-refractivity contribution in [2.24, 2.45) is 0 Å². The topological polar surface area (TPSA) is 59.8 Å². The molecular weight excluding hydrogens is 372 g/mol. The molecule has 6 heteroatoms. The number of amides is 1. The largest absolute Gasteiger partial charge is 0.320 e. The van der Waals surface area contributed by atoms with Crippen LogP contribution in [0.25, 0.3) is 10.9 Å². The monoisotopic (exact) mass is 390 g/mol. The highest BCUT2D eigenvalue weighted by Crippen LogP contribution is 2.25. The van der Waals surface area contributed by atoms with Gasteiger partial charge in [0.2, 0.25) is 0 Å². The second-order valence-electron chi connectivity index (χ2n) is 6.73. The van der Waals surface area contributed by atoms with E-state index < -0.39 is 0 Å². The van der Waals surface area contributed by atoms with Gasteiger partial charge in [-0.2, -0.15) is 5.10 Å². The van der Waals surface area contributed by atoms with Crippen LogP contribution in [0, 0.1) is 13.8 Å². The first-order valence-electron chi connectivity index (χ1n) is 8.96. The number of nitrogens with one attached hydrogen (secondary N) is 1. The maximum absolute atomic E-state index is 12.9. The molecule has 28 heavy (non-hydrogen) atoms. The maximum Gasteiger partial charge on any atom is 0.260 e. The van der Waals surface area contributed by atoms with Crippen molar-refractivity contribution in [3.63, 3.8) is 0 Å². The standard InChI is InChI=1S/C22H19ClN4O/c1-14-8-10-16(11-9-14)13-27-21(23)19(15(2)26-27)22(28)25-18-7-3-5-17-6-4-12-24-20(17)18/h3-12H,13H2,1-2H3,(H,25,28). The average Bonchev–Trinajstić information content (AvgIpc) is 2.97. The van der Waals surface area contributed by atoms with Gasteiger partial charge in [0.1, 0.15) is 5.15 Å². The fourth-order valence-electron chi connectivity index (χ4n) is 3.17. The lowest BCUT2D eigenvalue weighted by molar-refractivity contribution is 0.102. The van der Waals surface area contributed by atoms with Crippen LogP contribution in [0.15, 0.2) is 60.8 Å². The van der Waals surface area contributed by atoms with Crippen LogP contribution in [-0.2, 0) is 6.54 Å². The molecule has 4 aromatic rings. The number of carbonyl (C=O) groups excluding carboxylic acids is 1. The van der Waals surface area contributed by atoms with Crippen molar-refractivity contribution in [2.75, 3.05) is 5.32 Å². The fourth-order valence-corrected chi connectivity index (χ4v) is 3.49. The molecule has 1 amide bonds. The third-order valence-corrected chi connectivity index (χ3v) is 5.01. The zero-order chi connectivity index (χ0) is 19.7. The molecule has 0 saturated carbocycles. The van der Waals surface area contributed by atoms with E-state index in [1.165, 1.54) is 5.56 Å². The van der Waals surface area contributed by atoms with Crippen LogP contribution in [0.3, 0.4) is 0 Å². The van der Waals surface area contributed by atoms with Gasteiger partial charge < -0.3 is 5.32 Å². The zero-order valence-electron chi connectivity index (χ0n) is 15.6. The minimum absolute atomic E-state index is 0.296. The van der Waals surface area contributed by atoms with Gasteiger partial charge >= 0.3 is 0 Å². The summed E-state index contributed by atoms with van der Waals surface area (Å²) in [5, 5.41) is 8.67. The predicted octanol–water partition coefficient (Wildman–Crippen LogP) is 5.00. The highest BCUT2D eigenvalue weighted by atomic mass is 35.5. The summed E-state index contributed by atoms with van der Waals surface area (Å²) in [6.07, 6.45) is 1.70. The number of aryl methyl sites for hydroxylation is 2. The molecule has 0 atom stereocenters. The minimum Gasteiger partial charge on any atom is -0.320 e. The van der Waals surface area contributed by atoms with Gasteiger partial charge in [-0.05, 0) is 31.5 Å². The van der Waals surface area contributed by atoms with Crippen molar-refractivity contribution in [2.45, 2.75) is 20.4 Å². The summed E-state index contributed by atoms with van der Waals surface area (Å²) >= 11 is 6.51. The lowest BCUT2D eigenvalue weighted by Gasteiger charge is -2.08. The van der Waals surface area contributed by atoms with Gasteiger partial charge in [-0.25, -0.2) is 4.68 Å². The molecule has 5 nitrogen and oxygen atoms in total. The number of aromatic nitrogens is 3. The van der Waals surface area contributed by atoms with Crippen LogP contribution in [0.1, 0.15) is 27.2 Å². The lowest BCUT2D eigenvalue weighted by atomic mass is 10.1. The first kappa shape index (κ1) is 18.2. The molecule has 0 aliphatic heterocycles. The number of benzene rings is 2. The lowest BCUT2D eigenvalue weighted by Crippen LogP contribution is -2.13. The molecule has 2 heterocycles. The van der Waals surface area contributed by atoms with E-state index in [0.29, 0.717) is 28.6 Å². The summed E-state index contributed by atoms with van der Waals surface area (Å²) < 4.78 is 1.65. The van der Waals surface area contributed by atoms with Crippen molar-refractivity contribution in [3.8, 4) is 0 Å². The number of anilines is 1. The highest BCUT2D eigenvalue weighted by Gasteiger charge is 2.21. The van der Waals surface area contributed by atoms with Gasteiger partial charge in [0, 0.05) is 11.6 Å². The number of halogens is 1. The summed E-state index contributed by atoms with van der Waals surface area (Å²) in [6, 6.07) is 17.6. The van der Waals surface area contributed by atoms with Crippen LogP contribution in [0.2, 0.25) is 5.15 Å². The Morgan fingerprint density at radius 3 is 2.61 bits per heavy atom. The SMILES string of the molecule is Cc1ccc(Cn2nc(C)c(C(=O)Nc3cccc4cccnc34)c2Cl)cc1. The van der Waals surface area contributed by atoms with Crippen LogP contribution < -0.4 is 5.32 Å². The van der Waals surface area contributed by atoms with E-state index in [0.717, 1.165) is 16.5 Å². The molecule has 4 rings (SSSR count). The molecule has 0 fully saturated rings. The van der Waals surface area contributed by atoms with Crippen molar-refractivity contribution < 1.29 is 4.79 Å². The van der Waals surface area contributed by atoms with Gasteiger partial charge in [0.05, 0.1) is 29.0 Å². The predicted molar refractivity (Wildman–Crippen MR) is 112 cm³/mol. The van der Waals surface area contributed by atoms with Gasteiger partial charge in [-0.1, -0.05) is 59.6 Å². The van der Waals surface area contributed by atoms with E-state index in [1.807, 2.05) is 61.5 Å². The minimum atomic E-state index is -0.296. The van der Waals surface area contributed by atoms with Gasteiger partial charge in [-0.3, -0.25) is 9.78 Å². The number of hydrogen-bond donors (Lipinski definition) is 1. The molecule has 0 spiro atoms. The summed E-state index contributed by atoms with van der Waals surface area (Å²) in [7, 11) is 0. The first-order chi connectivity index (χ1) is 13.5. The molecule has 0 saturated heterocycles. The molecule has 0 radical (unpaired) electrons. The molecule has 1 N–H and O–H groups in total. The van der Waals surface area contributed by atoms with Gasteiger partial charge in [-0.15, -0.1) is 0 Å². The normalized spacial score (nSPS) is 11.0. The highest BCUT2D eigenvalue weighted by molar-refractivity contribution is 6.33. The number of rotatable bonds is 4. The summed E-state index contributed by atoms with van der Waals surface area (Å²) in [4.78, 5) is 17.3. The van der Waals surface area contributed by atoms with E-state index in [-0.39, 0.29) is 5.91 Å². The summed E-state index contributed by atoms with van der Waals surface area (Å²) in [5.74, 6) is -0.296. The van der Waals surface area contributed by atoms with E-state index in [2.05, 4.69) is 15.4 Å². The Bertz CT molecular complexity index is 1160. The molecule has 2 aromatic carbocycles. The molecular formula is C22H19ClN4O. The number of nitrogens with zero attached hydrogens (tertiary/aromatic N) is 3. The maximum atomic E-state index is 12.9. The quantitative estimate of drug-likeness (QED) is 0.533. The number of fused-ring (bicyclic) bond motifs is 1. The third-order valence-electron chi connectivity index (χ3n) is 4.63. The zero-order valence-corrected chi connectivity index (χ0v) is 16.4. The third kappa shape index (κ3) is 3.49. The van der Waals surface area contributed by atoms with E-state index in [1.54, 1.807) is 17.8 Å². The van der Waals surface area contributed by atoms with Crippen molar-refractivity contribution >= 4 is 34.1 Å². The number of para-hydroxylation sites is 1. The molecule has 0 unspecified atom stereocenters. The second-order valence-corrected chi connectivity index (χ2v) is 7.09. The molecule has 2 aromatic heterocycles. The van der Waals surface area contributed by atoms with Crippen LogP contribution in [0.5, 0.6) is 0 Å². The molecule has 0 aliphatic rings. The number of pyridine rings is 1. The molecule has 0 aliphatic carbocycles. The number of carbonyl (C=O) groups is 1. The fraction of sp³-hybridized carbons (Fsp3) is 0.136. The Hall–Kier alpha value is -3.18. The summed E-state index contributed by atoms with van der Waals surface area (Å²) in [6.45, 7) is 4.33. The number of hydrogen-bond acceptors (Lipinski definition) is 3. The first-order valence-corrected chi connectivity index (χ1v) is 9.34. The summed E-state index contributed by atoms with van der Waals surface area (Å²) in [5.41, 5.74) is 4.60. The van der Waals surface area contributed by atoms with Gasteiger partial charge in [0.15, 0.2) is 0 Å². The Balaban J connectivity index is 1.62. The smallest absolute Gasteiger partial charge is 0.260 e. The van der Waals surface area contributed by atoms with Crippen LogP contribution in [-0.4, -0.2) is 20.7 Å². The Kier molecular flexibility index (Phi) is 4.84. The van der Waals surface area contributed by atoms with Gasteiger partial charge in [0.25, 0.3) is 5.91 Å². The molecule has 0 bridgehead atoms. The van der Waals surface area contributed by atoms with E-state index in [9.17, 15) is 4.79 Å². The van der Waals surface area contributed by atoms with E-state index in [4.69, 9.17) is 11.6 Å². The van der Waals surface area contributed by atoms with E-state index >= 15 is 0 Å².